The number of ether oxygens (including phenoxy) is 1. The molecule has 0 aliphatic heterocycles. The first-order valence-corrected chi connectivity index (χ1v) is 4.64. The quantitative estimate of drug-likeness (QED) is 0.765. The van der Waals surface area contributed by atoms with E-state index in [0.717, 1.165) is 5.39 Å². The van der Waals surface area contributed by atoms with Gasteiger partial charge in [0.2, 0.25) is 0 Å². The van der Waals surface area contributed by atoms with Gasteiger partial charge in [-0.3, -0.25) is 0 Å². The van der Waals surface area contributed by atoms with E-state index in [-0.39, 0.29) is 6.61 Å². The van der Waals surface area contributed by atoms with E-state index in [0.29, 0.717) is 22.3 Å². The SMILES string of the molecule is COCc1occ2ccc(C#N)c(C#N)c12. The molecule has 2 aromatic rings. The van der Waals surface area contributed by atoms with Gasteiger partial charge in [-0.05, 0) is 12.1 Å². The fourth-order valence-corrected chi connectivity index (χ4v) is 1.66. The topological polar surface area (TPSA) is 69.9 Å². The minimum atomic E-state index is 0.285. The van der Waals surface area contributed by atoms with Gasteiger partial charge in [0.05, 0.1) is 17.4 Å². The lowest BCUT2D eigenvalue weighted by molar-refractivity contribution is 0.166. The predicted molar refractivity (Wildman–Crippen MR) is 56.4 cm³/mol. The molecule has 0 saturated carbocycles. The summed E-state index contributed by atoms with van der Waals surface area (Å²) < 4.78 is 10.3. The Balaban J connectivity index is 2.80. The summed E-state index contributed by atoms with van der Waals surface area (Å²) in [5.41, 5.74) is 0.703. The van der Waals surface area contributed by atoms with Crippen LogP contribution in [0.2, 0.25) is 0 Å². The molecule has 1 aromatic carbocycles. The maximum Gasteiger partial charge on any atom is 0.138 e. The van der Waals surface area contributed by atoms with Gasteiger partial charge in [0.1, 0.15) is 24.5 Å². The molecule has 0 spiro atoms. The first-order chi connectivity index (χ1) is 7.81. The highest BCUT2D eigenvalue weighted by Gasteiger charge is 2.14. The number of nitriles is 2. The van der Waals surface area contributed by atoms with Gasteiger partial charge in [-0.15, -0.1) is 0 Å². The summed E-state index contributed by atoms with van der Waals surface area (Å²) in [4.78, 5) is 0. The summed E-state index contributed by atoms with van der Waals surface area (Å²) >= 11 is 0. The van der Waals surface area contributed by atoms with Gasteiger partial charge in [-0.1, -0.05) is 0 Å². The molecule has 0 bridgehead atoms. The van der Waals surface area contributed by atoms with Gasteiger partial charge in [0.25, 0.3) is 0 Å². The average Bonchev–Trinajstić information content (AvgIpc) is 2.72. The Hall–Kier alpha value is -2.30. The van der Waals surface area contributed by atoms with Crippen LogP contribution < -0.4 is 0 Å². The van der Waals surface area contributed by atoms with Gasteiger partial charge in [0, 0.05) is 17.9 Å². The highest BCUT2D eigenvalue weighted by atomic mass is 16.5. The minimum Gasteiger partial charge on any atom is -0.466 e. The molecule has 4 heteroatoms. The van der Waals surface area contributed by atoms with Crippen molar-refractivity contribution in [1.29, 1.82) is 10.5 Å². The molecule has 0 radical (unpaired) electrons. The third-order valence-corrected chi connectivity index (χ3v) is 2.35. The van der Waals surface area contributed by atoms with Crippen LogP contribution in [-0.2, 0) is 11.3 Å². The summed E-state index contributed by atoms with van der Waals surface area (Å²) in [7, 11) is 1.55. The molecule has 0 saturated heterocycles. The Kier molecular flexibility index (Phi) is 2.59. The van der Waals surface area contributed by atoms with Crippen LogP contribution in [0.15, 0.2) is 22.8 Å². The summed E-state index contributed by atoms with van der Waals surface area (Å²) in [5, 5.41) is 19.5. The first-order valence-electron chi connectivity index (χ1n) is 4.64. The van der Waals surface area contributed by atoms with Crippen molar-refractivity contribution in [3.8, 4) is 12.1 Å². The number of methoxy groups -OCH3 is 1. The molecule has 1 heterocycles. The van der Waals surface area contributed by atoms with E-state index in [1.807, 2.05) is 12.1 Å². The van der Waals surface area contributed by atoms with E-state index in [2.05, 4.69) is 0 Å². The zero-order valence-electron chi connectivity index (χ0n) is 8.65. The van der Waals surface area contributed by atoms with Crippen molar-refractivity contribution in [1.82, 2.24) is 0 Å². The van der Waals surface area contributed by atoms with Gasteiger partial charge in [-0.2, -0.15) is 10.5 Å². The van der Waals surface area contributed by atoms with Gasteiger partial charge < -0.3 is 9.15 Å². The predicted octanol–water partition coefficient (Wildman–Crippen LogP) is 2.32. The van der Waals surface area contributed by atoms with Crippen LogP contribution in [0, 0.1) is 22.7 Å². The maximum atomic E-state index is 9.08. The largest absolute Gasteiger partial charge is 0.466 e. The van der Waals surface area contributed by atoms with Crippen molar-refractivity contribution < 1.29 is 9.15 Å². The van der Waals surface area contributed by atoms with Crippen LogP contribution in [0.4, 0.5) is 0 Å². The molecular weight excluding hydrogens is 204 g/mol. The molecule has 0 aliphatic carbocycles. The van der Waals surface area contributed by atoms with Crippen molar-refractivity contribution in [2.24, 2.45) is 0 Å². The summed E-state index contributed by atoms with van der Waals surface area (Å²) in [6.07, 6.45) is 1.56. The Morgan fingerprint density at radius 1 is 1.31 bits per heavy atom. The molecule has 16 heavy (non-hydrogen) atoms. The number of hydrogen-bond donors (Lipinski definition) is 0. The summed E-state index contributed by atoms with van der Waals surface area (Å²) in [6.45, 7) is 0.285. The Bertz CT molecular complexity index is 614. The fourth-order valence-electron chi connectivity index (χ4n) is 1.66. The molecule has 0 aliphatic rings. The van der Waals surface area contributed by atoms with Gasteiger partial charge >= 0.3 is 0 Å². The lowest BCUT2D eigenvalue weighted by Gasteiger charge is -1.99. The van der Waals surface area contributed by atoms with Crippen LogP contribution in [0.25, 0.3) is 10.8 Å². The normalized spacial score (nSPS) is 9.94. The molecule has 1 aromatic heterocycles. The number of benzene rings is 1. The molecule has 4 nitrogen and oxygen atoms in total. The fraction of sp³-hybridized carbons (Fsp3) is 0.167. The molecule has 78 valence electrons. The third kappa shape index (κ3) is 1.42. The minimum absolute atomic E-state index is 0.285. The Morgan fingerprint density at radius 3 is 2.75 bits per heavy atom. The van der Waals surface area contributed by atoms with Crippen molar-refractivity contribution in [2.45, 2.75) is 6.61 Å². The van der Waals surface area contributed by atoms with E-state index < -0.39 is 0 Å². The van der Waals surface area contributed by atoms with E-state index >= 15 is 0 Å². The molecule has 2 rings (SSSR count). The molecule has 0 fully saturated rings. The van der Waals surface area contributed by atoms with Crippen LogP contribution in [0.5, 0.6) is 0 Å². The monoisotopic (exact) mass is 212 g/mol. The lowest BCUT2D eigenvalue weighted by Crippen LogP contribution is -1.90. The average molecular weight is 212 g/mol. The highest BCUT2D eigenvalue weighted by molar-refractivity contribution is 5.91. The Labute approximate surface area is 92.3 Å². The standard InChI is InChI=1S/C12H8N2O2/c1-15-7-11-12-9(6-16-11)3-2-8(4-13)10(12)5-14/h2-3,6H,7H2,1H3. The van der Waals surface area contributed by atoms with Crippen LogP contribution in [0.3, 0.4) is 0 Å². The van der Waals surface area contributed by atoms with E-state index in [4.69, 9.17) is 19.7 Å². The van der Waals surface area contributed by atoms with E-state index in [9.17, 15) is 0 Å². The number of furan rings is 1. The maximum absolute atomic E-state index is 9.08. The number of nitrogens with zero attached hydrogens (tertiary/aromatic N) is 2. The summed E-state index contributed by atoms with van der Waals surface area (Å²) in [5.74, 6) is 0.575. The number of hydrogen-bond acceptors (Lipinski definition) is 4. The number of rotatable bonds is 2. The van der Waals surface area contributed by atoms with Crippen LogP contribution >= 0.6 is 0 Å². The molecule has 0 amide bonds. The van der Waals surface area contributed by atoms with E-state index in [1.165, 1.54) is 0 Å². The van der Waals surface area contributed by atoms with Crippen molar-refractivity contribution >= 4 is 10.8 Å². The second kappa shape index (κ2) is 4.06. The van der Waals surface area contributed by atoms with Crippen LogP contribution in [0.1, 0.15) is 16.9 Å². The van der Waals surface area contributed by atoms with E-state index in [1.54, 1.807) is 25.5 Å². The van der Waals surface area contributed by atoms with Crippen molar-refractivity contribution in [3.05, 3.63) is 35.3 Å². The molecule has 0 unspecified atom stereocenters. The highest BCUT2D eigenvalue weighted by Crippen LogP contribution is 2.27. The van der Waals surface area contributed by atoms with Crippen LogP contribution in [-0.4, -0.2) is 7.11 Å². The first kappa shape index (κ1) is 10.2. The molecule has 0 atom stereocenters. The lowest BCUT2D eigenvalue weighted by atomic mass is 10.0. The molecule has 0 N–H and O–H groups in total. The number of fused-ring (bicyclic) bond motifs is 1. The van der Waals surface area contributed by atoms with Crippen molar-refractivity contribution in [2.75, 3.05) is 7.11 Å². The molecular formula is C12H8N2O2. The third-order valence-electron chi connectivity index (χ3n) is 2.35. The zero-order chi connectivity index (χ0) is 11.5. The second-order valence-corrected chi connectivity index (χ2v) is 3.27. The smallest absolute Gasteiger partial charge is 0.138 e. The van der Waals surface area contributed by atoms with Gasteiger partial charge in [-0.25, -0.2) is 0 Å². The van der Waals surface area contributed by atoms with Gasteiger partial charge in [0.15, 0.2) is 0 Å². The second-order valence-electron chi connectivity index (χ2n) is 3.27. The Morgan fingerprint density at radius 2 is 2.12 bits per heavy atom. The van der Waals surface area contributed by atoms with Crippen molar-refractivity contribution in [3.63, 3.8) is 0 Å². The zero-order valence-corrected chi connectivity index (χ0v) is 8.65. The summed E-state index contributed by atoms with van der Waals surface area (Å²) in [6, 6.07) is 7.41.